The zero-order valence-corrected chi connectivity index (χ0v) is 19.2. The monoisotopic (exact) mass is 468 g/mol. The Balaban J connectivity index is 1.53. The highest BCUT2D eigenvalue weighted by molar-refractivity contribution is 5.95. The number of rotatable bonds is 7. The number of amides is 3. The Hall–Kier alpha value is -3.79. The highest BCUT2D eigenvalue weighted by atomic mass is 16.5. The number of carbonyl (C=O) groups is 3. The SMILES string of the molecule is CCOC(=O)C1=C(CN2CCN(C(=O)c3ccco3)CC2)NC(=O)N[C@H]1c1ccc(OC)cc1. The molecule has 0 saturated carbocycles. The Bertz CT molecular complexity index is 1060. The fourth-order valence-electron chi connectivity index (χ4n) is 4.13. The van der Waals surface area contributed by atoms with Crippen LogP contribution in [-0.4, -0.2) is 74.1 Å². The lowest BCUT2D eigenvalue weighted by Gasteiger charge is -2.36. The quantitative estimate of drug-likeness (QED) is 0.597. The van der Waals surface area contributed by atoms with E-state index in [1.807, 2.05) is 12.1 Å². The van der Waals surface area contributed by atoms with Gasteiger partial charge in [0.05, 0.1) is 31.6 Å². The molecule has 0 spiro atoms. The molecule has 1 atom stereocenters. The third kappa shape index (κ3) is 5.07. The maximum atomic E-state index is 13.0. The summed E-state index contributed by atoms with van der Waals surface area (Å²) in [5.74, 6) is 0.352. The molecule has 0 aliphatic carbocycles. The summed E-state index contributed by atoms with van der Waals surface area (Å²) in [5, 5.41) is 5.63. The van der Waals surface area contributed by atoms with Gasteiger partial charge in [0, 0.05) is 38.4 Å². The van der Waals surface area contributed by atoms with Gasteiger partial charge < -0.3 is 29.4 Å². The topological polar surface area (TPSA) is 113 Å². The molecule has 2 aromatic rings. The lowest BCUT2D eigenvalue weighted by molar-refractivity contribution is -0.139. The number of esters is 1. The Morgan fingerprint density at radius 3 is 2.47 bits per heavy atom. The molecule has 2 N–H and O–H groups in total. The number of nitrogens with one attached hydrogen (secondary N) is 2. The van der Waals surface area contributed by atoms with E-state index in [2.05, 4.69) is 15.5 Å². The first-order valence-electron chi connectivity index (χ1n) is 11.2. The predicted molar refractivity (Wildman–Crippen MR) is 122 cm³/mol. The third-order valence-corrected chi connectivity index (χ3v) is 5.87. The van der Waals surface area contributed by atoms with Crippen LogP contribution in [0.4, 0.5) is 4.79 Å². The Kier molecular flexibility index (Phi) is 7.17. The highest BCUT2D eigenvalue weighted by Crippen LogP contribution is 2.29. The summed E-state index contributed by atoms with van der Waals surface area (Å²) in [6.45, 7) is 4.49. The molecule has 0 unspecified atom stereocenters. The third-order valence-electron chi connectivity index (χ3n) is 5.87. The first-order valence-corrected chi connectivity index (χ1v) is 11.2. The lowest BCUT2D eigenvalue weighted by Crippen LogP contribution is -2.52. The summed E-state index contributed by atoms with van der Waals surface area (Å²) in [6, 6.07) is 9.46. The molecule has 180 valence electrons. The Morgan fingerprint density at radius 2 is 1.85 bits per heavy atom. The number of hydrogen-bond donors (Lipinski definition) is 2. The van der Waals surface area contributed by atoms with Gasteiger partial charge in [0.2, 0.25) is 0 Å². The average Bonchev–Trinajstić information content (AvgIpc) is 3.39. The van der Waals surface area contributed by atoms with Crippen LogP contribution in [0.1, 0.15) is 29.1 Å². The van der Waals surface area contributed by atoms with Crippen LogP contribution in [-0.2, 0) is 9.53 Å². The fraction of sp³-hybridized carbons (Fsp3) is 0.375. The van der Waals surface area contributed by atoms with Crippen molar-refractivity contribution < 1.29 is 28.3 Å². The van der Waals surface area contributed by atoms with Crippen molar-refractivity contribution in [3.63, 3.8) is 0 Å². The average molecular weight is 469 g/mol. The molecule has 3 heterocycles. The molecule has 10 nitrogen and oxygen atoms in total. The smallest absolute Gasteiger partial charge is 0.338 e. The van der Waals surface area contributed by atoms with E-state index >= 15 is 0 Å². The van der Waals surface area contributed by atoms with Crippen molar-refractivity contribution in [2.45, 2.75) is 13.0 Å². The summed E-state index contributed by atoms with van der Waals surface area (Å²) in [7, 11) is 1.57. The van der Waals surface area contributed by atoms with E-state index in [0.717, 1.165) is 5.56 Å². The second-order valence-electron chi connectivity index (χ2n) is 7.96. The number of benzene rings is 1. The van der Waals surface area contributed by atoms with E-state index in [9.17, 15) is 14.4 Å². The maximum Gasteiger partial charge on any atom is 0.338 e. The van der Waals surface area contributed by atoms with Crippen molar-refractivity contribution in [3.05, 3.63) is 65.3 Å². The molecule has 3 amide bonds. The van der Waals surface area contributed by atoms with E-state index < -0.39 is 18.0 Å². The van der Waals surface area contributed by atoms with Gasteiger partial charge in [-0.3, -0.25) is 9.69 Å². The van der Waals surface area contributed by atoms with Crippen molar-refractivity contribution in [2.75, 3.05) is 46.4 Å². The van der Waals surface area contributed by atoms with E-state index in [1.54, 1.807) is 43.2 Å². The minimum Gasteiger partial charge on any atom is -0.497 e. The van der Waals surface area contributed by atoms with Crippen LogP contribution in [0.3, 0.4) is 0 Å². The highest BCUT2D eigenvalue weighted by Gasteiger charge is 2.35. The van der Waals surface area contributed by atoms with Crippen molar-refractivity contribution in [3.8, 4) is 5.75 Å². The van der Waals surface area contributed by atoms with Gasteiger partial charge in [-0.2, -0.15) is 0 Å². The number of carbonyl (C=O) groups excluding carboxylic acids is 3. The molecule has 1 fully saturated rings. The minimum atomic E-state index is -0.657. The van der Waals surface area contributed by atoms with Crippen LogP contribution in [0.2, 0.25) is 0 Å². The fourth-order valence-corrected chi connectivity index (χ4v) is 4.13. The molecular formula is C24H28N4O6. The molecule has 2 aliphatic rings. The molecule has 1 aromatic heterocycles. The van der Waals surface area contributed by atoms with Crippen LogP contribution in [0, 0.1) is 0 Å². The van der Waals surface area contributed by atoms with Crippen molar-refractivity contribution in [1.29, 1.82) is 0 Å². The molecular weight excluding hydrogens is 440 g/mol. The molecule has 0 bridgehead atoms. The summed E-state index contributed by atoms with van der Waals surface area (Å²) >= 11 is 0. The second-order valence-corrected chi connectivity index (χ2v) is 7.96. The second kappa shape index (κ2) is 10.4. The first kappa shape index (κ1) is 23.4. The van der Waals surface area contributed by atoms with Gasteiger partial charge in [0.25, 0.3) is 5.91 Å². The van der Waals surface area contributed by atoms with Crippen molar-refractivity contribution in [1.82, 2.24) is 20.4 Å². The molecule has 0 radical (unpaired) electrons. The number of hydrogen-bond acceptors (Lipinski definition) is 7. The zero-order chi connectivity index (χ0) is 24.1. The molecule has 4 rings (SSSR count). The number of piperazine rings is 1. The predicted octanol–water partition coefficient (Wildman–Crippen LogP) is 1.92. The van der Waals surface area contributed by atoms with E-state index in [0.29, 0.717) is 55.5 Å². The van der Waals surface area contributed by atoms with Gasteiger partial charge in [-0.1, -0.05) is 12.1 Å². The molecule has 1 aromatic carbocycles. The zero-order valence-electron chi connectivity index (χ0n) is 19.2. The van der Waals surface area contributed by atoms with Gasteiger partial charge in [0.1, 0.15) is 5.75 Å². The number of furan rings is 1. The van der Waals surface area contributed by atoms with Crippen LogP contribution in [0.15, 0.2) is 58.3 Å². The first-order chi connectivity index (χ1) is 16.5. The van der Waals surface area contributed by atoms with Crippen LogP contribution in [0.25, 0.3) is 0 Å². The maximum absolute atomic E-state index is 13.0. The summed E-state index contributed by atoms with van der Waals surface area (Å²) in [5.41, 5.74) is 1.60. The van der Waals surface area contributed by atoms with Crippen LogP contribution >= 0.6 is 0 Å². The molecule has 1 saturated heterocycles. The van der Waals surface area contributed by atoms with Crippen LogP contribution in [0.5, 0.6) is 5.75 Å². The summed E-state index contributed by atoms with van der Waals surface area (Å²) in [6.07, 6.45) is 1.48. The molecule has 10 heteroatoms. The van der Waals surface area contributed by atoms with Gasteiger partial charge in [-0.25, -0.2) is 9.59 Å². The number of ether oxygens (including phenoxy) is 2. The normalized spacial score (nSPS) is 18.8. The van der Waals surface area contributed by atoms with E-state index in [1.165, 1.54) is 6.26 Å². The van der Waals surface area contributed by atoms with Gasteiger partial charge in [0.15, 0.2) is 5.76 Å². The number of methoxy groups -OCH3 is 1. The Labute approximate surface area is 197 Å². The molecule has 34 heavy (non-hydrogen) atoms. The van der Waals surface area contributed by atoms with Gasteiger partial charge in [-0.15, -0.1) is 0 Å². The molecule has 2 aliphatic heterocycles. The number of nitrogens with zero attached hydrogens (tertiary/aromatic N) is 2. The largest absolute Gasteiger partial charge is 0.497 e. The van der Waals surface area contributed by atoms with Crippen LogP contribution < -0.4 is 15.4 Å². The minimum absolute atomic E-state index is 0.147. The van der Waals surface area contributed by atoms with E-state index in [4.69, 9.17) is 13.9 Å². The summed E-state index contributed by atoms with van der Waals surface area (Å²) < 4.78 is 15.8. The lowest BCUT2D eigenvalue weighted by atomic mass is 9.94. The standard InChI is InChI=1S/C24H28N4O6/c1-3-33-23(30)20-18(25-24(31)26-21(20)16-6-8-17(32-2)9-7-16)15-27-10-12-28(13-11-27)22(29)19-5-4-14-34-19/h4-9,14,21H,3,10-13,15H2,1-2H3,(H2,25,26,31)/t21-/m0/s1. The van der Waals surface area contributed by atoms with Crippen molar-refractivity contribution >= 4 is 17.9 Å². The summed E-state index contributed by atoms with van der Waals surface area (Å²) in [4.78, 5) is 41.8. The van der Waals surface area contributed by atoms with E-state index in [-0.39, 0.29) is 12.5 Å². The van der Waals surface area contributed by atoms with Gasteiger partial charge >= 0.3 is 12.0 Å². The van der Waals surface area contributed by atoms with Crippen molar-refractivity contribution in [2.24, 2.45) is 0 Å². The van der Waals surface area contributed by atoms with Gasteiger partial charge in [-0.05, 0) is 36.8 Å². The Morgan fingerprint density at radius 1 is 1.12 bits per heavy atom. The number of urea groups is 1.